The monoisotopic (exact) mass is 555 g/mol. The fourth-order valence-electron chi connectivity index (χ4n) is 4.07. The molecule has 5 rings (SSSR count). The molecule has 0 aliphatic rings. The number of aromatic hydroxyl groups is 1. The lowest BCUT2D eigenvalue weighted by Crippen LogP contribution is -2.02. The van der Waals surface area contributed by atoms with Crippen molar-refractivity contribution in [2.75, 3.05) is 0 Å². The Morgan fingerprint density at radius 2 is 1.49 bits per heavy atom. The molecule has 0 saturated heterocycles. The van der Waals surface area contributed by atoms with Gasteiger partial charge in [-0.1, -0.05) is 65.9 Å². The molecule has 0 spiro atoms. The number of aromatic nitrogens is 1. The standard InChI is InChI=1S/C24H17N3O7S3/c1-13-11-17(14-7-3-2-4-8-14)20-22(23(13)37(32,33)34)35-24(25-20)27-26-18-12-19(36(29,30)31)15-9-5-6-10-16(15)21(18)28/h2-12,28H,1H3,(H,29,30,31)(H,32,33,34). The number of benzene rings is 4. The number of phenols is 1. The predicted molar refractivity (Wildman–Crippen MR) is 139 cm³/mol. The normalized spacial score (nSPS) is 12.6. The summed E-state index contributed by atoms with van der Waals surface area (Å²) in [6, 6.07) is 17.7. The van der Waals surface area contributed by atoms with E-state index < -0.39 is 25.1 Å². The quantitative estimate of drug-likeness (QED) is 0.174. The minimum Gasteiger partial charge on any atom is -0.505 e. The first kappa shape index (κ1) is 24.9. The van der Waals surface area contributed by atoms with Gasteiger partial charge in [-0.25, -0.2) is 4.98 Å². The van der Waals surface area contributed by atoms with Crippen LogP contribution in [0.3, 0.4) is 0 Å². The van der Waals surface area contributed by atoms with Crippen LogP contribution in [-0.4, -0.2) is 36.0 Å². The first-order valence-electron chi connectivity index (χ1n) is 10.6. The zero-order valence-electron chi connectivity index (χ0n) is 18.9. The molecule has 4 aromatic carbocycles. The minimum atomic E-state index is -4.66. The third-order valence-corrected chi connectivity index (χ3v) is 8.64. The number of fused-ring (bicyclic) bond motifs is 2. The van der Waals surface area contributed by atoms with E-state index in [1.54, 1.807) is 25.1 Å². The van der Waals surface area contributed by atoms with Crippen LogP contribution in [0.4, 0.5) is 10.8 Å². The van der Waals surface area contributed by atoms with Gasteiger partial charge in [0.05, 0.1) is 10.2 Å². The van der Waals surface area contributed by atoms with E-state index in [1.165, 1.54) is 12.1 Å². The van der Waals surface area contributed by atoms with Gasteiger partial charge in [0, 0.05) is 16.3 Å². The van der Waals surface area contributed by atoms with E-state index in [2.05, 4.69) is 15.2 Å². The van der Waals surface area contributed by atoms with Crippen molar-refractivity contribution in [2.24, 2.45) is 10.2 Å². The summed E-state index contributed by atoms with van der Waals surface area (Å²) in [5.74, 6) is -0.368. The van der Waals surface area contributed by atoms with Crippen LogP contribution >= 0.6 is 11.3 Å². The summed E-state index contributed by atoms with van der Waals surface area (Å²) in [4.78, 5) is 3.65. The maximum atomic E-state index is 12.2. The second-order valence-corrected chi connectivity index (χ2v) is 11.8. The Bertz CT molecular complexity index is 1950. The molecule has 1 heterocycles. The molecule has 0 unspecified atom stereocenters. The Labute approximate surface area is 215 Å². The molecular formula is C24H17N3O7S3. The van der Waals surface area contributed by atoms with Crippen LogP contribution < -0.4 is 0 Å². The molecule has 5 aromatic rings. The highest BCUT2D eigenvalue weighted by molar-refractivity contribution is 7.86. The lowest BCUT2D eigenvalue weighted by molar-refractivity contribution is 0.478. The fourth-order valence-corrected chi connectivity index (χ4v) is 6.94. The van der Waals surface area contributed by atoms with Gasteiger partial charge in [-0.15, -0.1) is 10.2 Å². The number of rotatable bonds is 5. The van der Waals surface area contributed by atoms with Gasteiger partial charge in [-0.05, 0) is 30.2 Å². The Morgan fingerprint density at radius 1 is 0.838 bits per heavy atom. The molecule has 0 aliphatic heterocycles. The predicted octanol–water partition coefficient (Wildman–Crippen LogP) is 6.04. The van der Waals surface area contributed by atoms with Crippen LogP contribution in [0.25, 0.3) is 32.1 Å². The summed E-state index contributed by atoms with van der Waals surface area (Å²) in [7, 11) is -9.26. The molecule has 0 aliphatic carbocycles. The van der Waals surface area contributed by atoms with Crippen molar-refractivity contribution in [1.29, 1.82) is 0 Å². The highest BCUT2D eigenvalue weighted by Crippen LogP contribution is 2.43. The first-order chi connectivity index (χ1) is 17.4. The van der Waals surface area contributed by atoms with Crippen molar-refractivity contribution in [1.82, 2.24) is 4.98 Å². The number of phenolic OH excluding ortho intramolecular Hbond substituents is 1. The summed E-state index contributed by atoms with van der Waals surface area (Å²) in [6.07, 6.45) is 0. The molecule has 188 valence electrons. The minimum absolute atomic E-state index is 0.0105. The van der Waals surface area contributed by atoms with Crippen molar-refractivity contribution in [2.45, 2.75) is 16.7 Å². The lowest BCUT2D eigenvalue weighted by Gasteiger charge is -2.08. The number of hydrogen-bond donors (Lipinski definition) is 3. The Kier molecular flexibility index (Phi) is 6.04. The van der Waals surface area contributed by atoms with Gasteiger partial charge in [-0.3, -0.25) is 9.11 Å². The van der Waals surface area contributed by atoms with Gasteiger partial charge < -0.3 is 5.11 Å². The highest BCUT2D eigenvalue weighted by Gasteiger charge is 2.24. The highest BCUT2D eigenvalue weighted by atomic mass is 32.2. The number of thiazole rings is 1. The number of hydrogen-bond acceptors (Lipinski definition) is 9. The van der Waals surface area contributed by atoms with Gasteiger partial charge in [0.1, 0.15) is 15.5 Å². The summed E-state index contributed by atoms with van der Waals surface area (Å²) in [5.41, 5.74) is 1.70. The SMILES string of the molecule is Cc1cc(-c2ccccc2)c2nc(N=Nc3cc(S(=O)(=O)O)c4ccccc4c3O)sc2c1S(=O)(=O)O. The van der Waals surface area contributed by atoms with Crippen LogP contribution in [0.15, 0.2) is 86.7 Å². The fraction of sp³-hybridized carbons (Fsp3) is 0.0417. The molecule has 3 N–H and O–H groups in total. The van der Waals surface area contributed by atoms with Gasteiger partial charge in [0.15, 0.2) is 5.75 Å². The maximum Gasteiger partial charge on any atom is 0.296 e. The van der Waals surface area contributed by atoms with Crippen LogP contribution in [0.2, 0.25) is 0 Å². The first-order valence-corrected chi connectivity index (χ1v) is 14.3. The molecule has 0 radical (unpaired) electrons. The summed E-state index contributed by atoms with van der Waals surface area (Å²) in [5, 5.41) is 18.9. The zero-order valence-corrected chi connectivity index (χ0v) is 21.3. The van der Waals surface area contributed by atoms with Crippen molar-refractivity contribution < 1.29 is 31.0 Å². The van der Waals surface area contributed by atoms with Crippen molar-refractivity contribution in [3.05, 3.63) is 72.3 Å². The van der Waals surface area contributed by atoms with E-state index in [4.69, 9.17) is 0 Å². The maximum absolute atomic E-state index is 12.2. The summed E-state index contributed by atoms with van der Waals surface area (Å²) >= 11 is 0.852. The zero-order chi connectivity index (χ0) is 26.5. The van der Waals surface area contributed by atoms with E-state index in [0.29, 0.717) is 11.1 Å². The van der Waals surface area contributed by atoms with Crippen LogP contribution in [0.1, 0.15) is 5.56 Å². The van der Waals surface area contributed by atoms with Crippen LogP contribution in [0.5, 0.6) is 5.75 Å². The van der Waals surface area contributed by atoms with E-state index in [9.17, 15) is 31.0 Å². The molecule has 0 amide bonds. The average molecular weight is 556 g/mol. The van der Waals surface area contributed by atoms with Gasteiger partial charge in [0.25, 0.3) is 20.2 Å². The average Bonchev–Trinajstić information content (AvgIpc) is 3.25. The van der Waals surface area contributed by atoms with E-state index >= 15 is 0 Å². The third-order valence-electron chi connectivity index (χ3n) is 5.62. The lowest BCUT2D eigenvalue weighted by atomic mass is 10.0. The summed E-state index contributed by atoms with van der Waals surface area (Å²) < 4.78 is 68.0. The molecule has 10 nitrogen and oxygen atoms in total. The Morgan fingerprint density at radius 3 is 2.14 bits per heavy atom. The summed E-state index contributed by atoms with van der Waals surface area (Å²) in [6.45, 7) is 1.56. The second kappa shape index (κ2) is 8.97. The van der Waals surface area contributed by atoms with Crippen molar-refractivity contribution in [3.63, 3.8) is 0 Å². The van der Waals surface area contributed by atoms with Gasteiger partial charge in [0.2, 0.25) is 5.13 Å². The number of aryl methyl sites for hydroxylation is 1. The van der Waals surface area contributed by atoms with Crippen molar-refractivity contribution >= 4 is 63.4 Å². The molecule has 13 heteroatoms. The van der Waals surface area contributed by atoms with Crippen LogP contribution in [-0.2, 0) is 20.2 Å². The molecule has 0 atom stereocenters. The van der Waals surface area contributed by atoms with E-state index in [0.717, 1.165) is 23.0 Å². The van der Waals surface area contributed by atoms with E-state index in [1.807, 2.05) is 30.3 Å². The van der Waals surface area contributed by atoms with Crippen LogP contribution in [0, 0.1) is 6.92 Å². The second-order valence-electron chi connectivity index (χ2n) is 8.05. The Balaban J connectivity index is 1.72. The van der Waals surface area contributed by atoms with Gasteiger partial charge in [-0.2, -0.15) is 16.8 Å². The smallest absolute Gasteiger partial charge is 0.296 e. The third kappa shape index (κ3) is 4.58. The molecule has 37 heavy (non-hydrogen) atoms. The largest absolute Gasteiger partial charge is 0.505 e. The number of nitrogens with zero attached hydrogens (tertiary/aromatic N) is 3. The van der Waals surface area contributed by atoms with Gasteiger partial charge >= 0.3 is 0 Å². The van der Waals surface area contributed by atoms with E-state index in [-0.39, 0.29) is 42.5 Å². The molecule has 1 aromatic heterocycles. The molecular weight excluding hydrogens is 538 g/mol. The molecule has 0 bridgehead atoms. The topological polar surface area (TPSA) is 167 Å². The number of azo groups is 1. The molecule has 0 saturated carbocycles. The molecule has 0 fully saturated rings. The van der Waals surface area contributed by atoms with Crippen molar-refractivity contribution in [3.8, 4) is 16.9 Å². The Hall–Kier alpha value is -3.75.